The van der Waals surface area contributed by atoms with Crippen LogP contribution in [0.4, 0.5) is 4.39 Å². The lowest BCUT2D eigenvalue weighted by Gasteiger charge is -2.11. The summed E-state index contributed by atoms with van der Waals surface area (Å²) in [5.74, 6) is 0.324. The molecule has 0 fully saturated rings. The zero-order chi connectivity index (χ0) is 25.1. The average molecular weight is 518 g/mol. The Morgan fingerprint density at radius 2 is 1.64 bits per heavy atom. The van der Waals surface area contributed by atoms with Crippen LogP contribution < -0.4 is 10.3 Å². The summed E-state index contributed by atoms with van der Waals surface area (Å²) >= 11 is 12.8. The first-order chi connectivity index (χ1) is 17.5. The Morgan fingerprint density at radius 1 is 0.917 bits per heavy atom. The molecule has 8 heteroatoms. The Labute approximate surface area is 216 Å². The summed E-state index contributed by atoms with van der Waals surface area (Å²) in [5, 5.41) is 5.40. The standard InChI is InChI=1S/C28H18Cl2FN3O2/c29-23-14-19(15-24(30)26(23)36-17-18-7-6-10-21(31)13-18)16-32-34-27(20-8-2-1-3-9-20)33-25-12-5-4-11-22(25)28(34)35/h1-16H,17H2. The van der Waals surface area contributed by atoms with Gasteiger partial charge in [0.1, 0.15) is 12.4 Å². The lowest BCUT2D eigenvalue weighted by molar-refractivity contribution is 0.306. The summed E-state index contributed by atoms with van der Waals surface area (Å²) in [6, 6.07) is 25.8. The number of fused-ring (bicyclic) bond motifs is 1. The van der Waals surface area contributed by atoms with Gasteiger partial charge in [-0.05, 0) is 47.5 Å². The van der Waals surface area contributed by atoms with Crippen LogP contribution >= 0.6 is 23.2 Å². The monoisotopic (exact) mass is 517 g/mol. The van der Waals surface area contributed by atoms with Gasteiger partial charge in [-0.1, -0.05) is 77.8 Å². The van der Waals surface area contributed by atoms with E-state index >= 15 is 0 Å². The molecule has 0 unspecified atom stereocenters. The van der Waals surface area contributed by atoms with Crippen LogP contribution in [-0.4, -0.2) is 15.9 Å². The minimum absolute atomic E-state index is 0.100. The van der Waals surface area contributed by atoms with E-state index in [-0.39, 0.29) is 33.8 Å². The van der Waals surface area contributed by atoms with Gasteiger partial charge >= 0.3 is 0 Å². The molecule has 0 radical (unpaired) electrons. The van der Waals surface area contributed by atoms with Crippen LogP contribution in [-0.2, 0) is 6.61 Å². The smallest absolute Gasteiger partial charge is 0.282 e. The zero-order valence-corrected chi connectivity index (χ0v) is 20.2. The molecule has 1 aromatic heterocycles. The maximum absolute atomic E-state index is 13.4. The van der Waals surface area contributed by atoms with Gasteiger partial charge in [0.15, 0.2) is 11.6 Å². The summed E-state index contributed by atoms with van der Waals surface area (Å²) in [6.07, 6.45) is 1.48. The molecule has 0 spiro atoms. The number of nitrogens with zero attached hydrogens (tertiary/aromatic N) is 3. The number of para-hydroxylation sites is 1. The highest BCUT2D eigenvalue weighted by Gasteiger charge is 2.13. The topological polar surface area (TPSA) is 56.5 Å². The molecule has 0 amide bonds. The molecule has 5 nitrogen and oxygen atoms in total. The quantitative estimate of drug-likeness (QED) is 0.228. The predicted molar refractivity (Wildman–Crippen MR) is 142 cm³/mol. The molecule has 0 aliphatic heterocycles. The second-order valence-corrected chi connectivity index (χ2v) is 8.73. The maximum Gasteiger partial charge on any atom is 0.282 e. The molecule has 5 aromatic rings. The second-order valence-electron chi connectivity index (χ2n) is 7.91. The molecule has 5 rings (SSSR count). The van der Waals surface area contributed by atoms with Crippen molar-refractivity contribution in [2.24, 2.45) is 5.10 Å². The molecule has 0 saturated heterocycles. The number of aromatic nitrogens is 2. The molecule has 0 atom stereocenters. The minimum Gasteiger partial charge on any atom is -0.486 e. The van der Waals surface area contributed by atoms with E-state index in [4.69, 9.17) is 27.9 Å². The average Bonchev–Trinajstić information content (AvgIpc) is 2.88. The molecule has 0 bridgehead atoms. The number of hydrogen-bond donors (Lipinski definition) is 0. The van der Waals surface area contributed by atoms with Crippen LogP contribution in [0.15, 0.2) is 101 Å². The van der Waals surface area contributed by atoms with E-state index in [2.05, 4.69) is 10.1 Å². The molecule has 4 aromatic carbocycles. The molecule has 0 saturated carbocycles. The summed E-state index contributed by atoms with van der Waals surface area (Å²) < 4.78 is 20.4. The van der Waals surface area contributed by atoms with Crippen molar-refractivity contribution in [2.75, 3.05) is 0 Å². The summed E-state index contributed by atoms with van der Waals surface area (Å²) in [7, 11) is 0. The highest BCUT2D eigenvalue weighted by atomic mass is 35.5. The van der Waals surface area contributed by atoms with Gasteiger partial charge in [0.25, 0.3) is 5.56 Å². The number of ether oxygens (including phenoxy) is 1. The van der Waals surface area contributed by atoms with Crippen molar-refractivity contribution in [2.45, 2.75) is 6.61 Å². The van der Waals surface area contributed by atoms with Crippen LogP contribution in [0.3, 0.4) is 0 Å². The number of benzene rings is 4. The van der Waals surface area contributed by atoms with E-state index in [1.165, 1.54) is 23.0 Å². The third kappa shape index (κ3) is 5.00. The Bertz CT molecular complexity index is 1630. The third-order valence-corrected chi connectivity index (χ3v) is 5.96. The van der Waals surface area contributed by atoms with Crippen molar-refractivity contribution >= 4 is 40.3 Å². The van der Waals surface area contributed by atoms with Crippen LogP contribution in [0.2, 0.25) is 10.0 Å². The van der Waals surface area contributed by atoms with Gasteiger partial charge in [-0.3, -0.25) is 4.79 Å². The van der Waals surface area contributed by atoms with Crippen LogP contribution in [0.1, 0.15) is 11.1 Å². The SMILES string of the molecule is O=c1c2ccccc2nc(-c2ccccc2)n1N=Cc1cc(Cl)c(OCc2cccc(F)c2)c(Cl)c1. The van der Waals surface area contributed by atoms with Crippen molar-refractivity contribution in [3.63, 3.8) is 0 Å². The normalized spacial score (nSPS) is 11.3. The molecule has 0 aliphatic carbocycles. The molecule has 0 aliphatic rings. The first-order valence-corrected chi connectivity index (χ1v) is 11.7. The van der Waals surface area contributed by atoms with Crippen molar-refractivity contribution in [1.82, 2.24) is 9.66 Å². The lowest BCUT2D eigenvalue weighted by Crippen LogP contribution is -2.20. The number of halogens is 3. The number of rotatable bonds is 6. The Kier molecular flexibility index (Phi) is 6.80. The molecular weight excluding hydrogens is 500 g/mol. The third-order valence-electron chi connectivity index (χ3n) is 5.40. The summed E-state index contributed by atoms with van der Waals surface area (Å²) in [6.45, 7) is 0.100. The largest absolute Gasteiger partial charge is 0.486 e. The van der Waals surface area contributed by atoms with Crippen LogP contribution in [0.25, 0.3) is 22.3 Å². The number of hydrogen-bond acceptors (Lipinski definition) is 4. The first-order valence-electron chi connectivity index (χ1n) is 11.0. The van der Waals surface area contributed by atoms with Gasteiger partial charge < -0.3 is 4.74 Å². The fourth-order valence-electron chi connectivity index (χ4n) is 3.70. The van der Waals surface area contributed by atoms with Gasteiger partial charge in [0, 0.05) is 5.56 Å². The van der Waals surface area contributed by atoms with Gasteiger partial charge in [-0.2, -0.15) is 9.78 Å². The van der Waals surface area contributed by atoms with E-state index in [0.29, 0.717) is 27.9 Å². The summed E-state index contributed by atoms with van der Waals surface area (Å²) in [5.41, 5.74) is 2.22. The second kappa shape index (κ2) is 10.3. The van der Waals surface area contributed by atoms with Crippen molar-refractivity contribution in [3.05, 3.63) is 128 Å². The first kappa shape index (κ1) is 23.7. The zero-order valence-electron chi connectivity index (χ0n) is 18.7. The molecular formula is C28H18Cl2FN3O2. The van der Waals surface area contributed by atoms with Crippen LogP contribution in [0, 0.1) is 5.82 Å². The van der Waals surface area contributed by atoms with Crippen molar-refractivity contribution < 1.29 is 9.13 Å². The van der Waals surface area contributed by atoms with Crippen molar-refractivity contribution in [1.29, 1.82) is 0 Å². The predicted octanol–water partition coefficient (Wildman–Crippen LogP) is 6.97. The molecule has 36 heavy (non-hydrogen) atoms. The molecule has 0 N–H and O–H groups in total. The summed E-state index contributed by atoms with van der Waals surface area (Å²) in [4.78, 5) is 18.0. The van der Waals surface area contributed by atoms with E-state index in [9.17, 15) is 9.18 Å². The lowest BCUT2D eigenvalue weighted by atomic mass is 10.2. The van der Waals surface area contributed by atoms with Crippen molar-refractivity contribution in [3.8, 4) is 17.1 Å². The Morgan fingerprint density at radius 3 is 2.39 bits per heavy atom. The van der Waals surface area contributed by atoms with Gasteiger partial charge in [-0.15, -0.1) is 0 Å². The van der Waals surface area contributed by atoms with E-state index in [1.807, 2.05) is 36.4 Å². The fraction of sp³-hybridized carbons (Fsp3) is 0.0357. The van der Waals surface area contributed by atoms with Gasteiger partial charge in [0.05, 0.1) is 27.2 Å². The maximum atomic E-state index is 13.4. The van der Waals surface area contributed by atoms with E-state index < -0.39 is 0 Å². The fourth-order valence-corrected chi connectivity index (χ4v) is 4.32. The Balaban J connectivity index is 1.49. The molecule has 178 valence electrons. The highest BCUT2D eigenvalue weighted by molar-refractivity contribution is 6.37. The van der Waals surface area contributed by atoms with Gasteiger partial charge in [0.2, 0.25) is 0 Å². The van der Waals surface area contributed by atoms with E-state index in [1.54, 1.807) is 42.5 Å². The van der Waals surface area contributed by atoms with Crippen LogP contribution in [0.5, 0.6) is 5.75 Å². The van der Waals surface area contributed by atoms with Gasteiger partial charge in [-0.25, -0.2) is 9.37 Å². The molecule has 1 heterocycles. The van der Waals surface area contributed by atoms with E-state index in [0.717, 1.165) is 5.56 Å². The Hall–Kier alpha value is -4.00. The highest BCUT2D eigenvalue weighted by Crippen LogP contribution is 2.34. The minimum atomic E-state index is -0.354.